The van der Waals surface area contributed by atoms with E-state index in [1.165, 1.54) is 28.1 Å². The van der Waals surface area contributed by atoms with E-state index in [4.69, 9.17) is 0 Å². The number of nitrogens with zero attached hydrogens (tertiary/aromatic N) is 1. The fourth-order valence-electron chi connectivity index (χ4n) is 4.04. The molecular formula is C24H19N. The van der Waals surface area contributed by atoms with Gasteiger partial charge in [-0.2, -0.15) is 0 Å². The first-order valence-corrected chi connectivity index (χ1v) is 8.80. The van der Waals surface area contributed by atoms with Crippen molar-refractivity contribution in [2.45, 2.75) is 12.0 Å². The van der Waals surface area contributed by atoms with Crippen LogP contribution in [-0.2, 0) is 0 Å². The number of rotatable bonds is 2. The van der Waals surface area contributed by atoms with Gasteiger partial charge in [0.05, 0.1) is 6.04 Å². The Morgan fingerprint density at radius 3 is 2.12 bits per heavy atom. The van der Waals surface area contributed by atoms with Crippen molar-refractivity contribution in [3.63, 3.8) is 0 Å². The van der Waals surface area contributed by atoms with Gasteiger partial charge in [-0.05, 0) is 34.9 Å². The molecule has 0 aromatic heterocycles. The van der Waals surface area contributed by atoms with E-state index in [0.29, 0.717) is 12.0 Å². The van der Waals surface area contributed by atoms with Crippen molar-refractivity contribution in [1.82, 2.24) is 0 Å². The highest BCUT2D eigenvalue weighted by Crippen LogP contribution is 2.47. The minimum Gasteiger partial charge on any atom is -0.333 e. The van der Waals surface area contributed by atoms with Gasteiger partial charge in [0.1, 0.15) is 0 Å². The van der Waals surface area contributed by atoms with Crippen LogP contribution in [0, 0.1) is 0 Å². The van der Waals surface area contributed by atoms with E-state index in [1.54, 1.807) is 0 Å². The molecule has 1 aliphatic heterocycles. The van der Waals surface area contributed by atoms with Crippen molar-refractivity contribution in [1.29, 1.82) is 0 Å². The largest absolute Gasteiger partial charge is 0.333 e. The average Bonchev–Trinajstić information content (AvgIpc) is 3.03. The number of anilines is 2. The summed E-state index contributed by atoms with van der Waals surface area (Å²) in [6, 6.07) is 28.6. The van der Waals surface area contributed by atoms with Crippen LogP contribution in [0.25, 0.3) is 11.1 Å². The maximum atomic E-state index is 2.47. The quantitative estimate of drug-likeness (QED) is 0.552. The van der Waals surface area contributed by atoms with E-state index in [-0.39, 0.29) is 0 Å². The van der Waals surface area contributed by atoms with E-state index >= 15 is 0 Å². The fourth-order valence-corrected chi connectivity index (χ4v) is 4.04. The van der Waals surface area contributed by atoms with E-state index in [9.17, 15) is 0 Å². The van der Waals surface area contributed by atoms with Gasteiger partial charge in [0, 0.05) is 17.3 Å². The summed E-state index contributed by atoms with van der Waals surface area (Å²) in [6.07, 6.45) is 8.97. The lowest BCUT2D eigenvalue weighted by atomic mass is 9.91. The Balaban J connectivity index is 1.56. The molecule has 0 amide bonds. The van der Waals surface area contributed by atoms with Gasteiger partial charge in [0.2, 0.25) is 0 Å². The van der Waals surface area contributed by atoms with Crippen LogP contribution in [0.4, 0.5) is 11.4 Å². The van der Waals surface area contributed by atoms with Crippen LogP contribution in [0.2, 0.25) is 0 Å². The molecule has 0 N–H and O–H groups in total. The van der Waals surface area contributed by atoms with Crippen LogP contribution < -0.4 is 4.90 Å². The Bertz CT molecular complexity index is 951. The lowest BCUT2D eigenvalue weighted by molar-refractivity contribution is 0.745. The van der Waals surface area contributed by atoms with Gasteiger partial charge in [0.15, 0.2) is 0 Å². The molecule has 2 atom stereocenters. The molecule has 0 bridgehead atoms. The zero-order valence-corrected chi connectivity index (χ0v) is 13.9. The molecule has 2 unspecified atom stereocenters. The number of benzene rings is 3. The van der Waals surface area contributed by atoms with Gasteiger partial charge in [-0.1, -0.05) is 85.0 Å². The van der Waals surface area contributed by atoms with Crippen LogP contribution in [0.5, 0.6) is 0 Å². The summed E-state index contributed by atoms with van der Waals surface area (Å²) in [5, 5.41) is 0. The van der Waals surface area contributed by atoms with E-state index < -0.39 is 0 Å². The summed E-state index contributed by atoms with van der Waals surface area (Å²) < 4.78 is 0. The molecule has 0 saturated heterocycles. The van der Waals surface area contributed by atoms with Crippen molar-refractivity contribution < 1.29 is 0 Å². The molecule has 0 fully saturated rings. The smallest absolute Gasteiger partial charge is 0.0629 e. The third kappa shape index (κ3) is 2.32. The number of allylic oxidation sites excluding steroid dienone is 2. The maximum Gasteiger partial charge on any atom is 0.0629 e. The summed E-state index contributed by atoms with van der Waals surface area (Å²) in [7, 11) is 0. The van der Waals surface area contributed by atoms with Gasteiger partial charge >= 0.3 is 0 Å². The molecule has 25 heavy (non-hydrogen) atoms. The lowest BCUT2D eigenvalue weighted by Gasteiger charge is -2.28. The monoisotopic (exact) mass is 321 g/mol. The van der Waals surface area contributed by atoms with Crippen LogP contribution >= 0.6 is 0 Å². The third-order valence-electron chi connectivity index (χ3n) is 5.21. The second-order valence-corrected chi connectivity index (χ2v) is 6.63. The number of hydrogen-bond acceptors (Lipinski definition) is 1. The van der Waals surface area contributed by atoms with Crippen molar-refractivity contribution in [2.24, 2.45) is 0 Å². The highest BCUT2D eigenvalue weighted by Gasteiger charge is 2.36. The molecule has 1 nitrogen and oxygen atoms in total. The van der Waals surface area contributed by atoms with Crippen LogP contribution in [0.15, 0.2) is 103 Å². The molecule has 5 rings (SSSR count). The Morgan fingerprint density at radius 1 is 0.600 bits per heavy atom. The normalized spacial score (nSPS) is 20.4. The summed E-state index contributed by atoms with van der Waals surface area (Å²) in [6.45, 7) is 0. The summed E-state index contributed by atoms with van der Waals surface area (Å²) in [4.78, 5) is 2.47. The van der Waals surface area contributed by atoms with Crippen LogP contribution in [0.1, 0.15) is 11.5 Å². The summed E-state index contributed by atoms with van der Waals surface area (Å²) in [5.74, 6) is 0.440. The predicted octanol–water partition coefficient (Wildman–Crippen LogP) is 6.08. The molecule has 120 valence electrons. The summed E-state index contributed by atoms with van der Waals surface area (Å²) in [5.41, 5.74) is 6.50. The minimum absolute atomic E-state index is 0.366. The van der Waals surface area contributed by atoms with Crippen molar-refractivity contribution in [2.75, 3.05) is 4.90 Å². The molecule has 1 heterocycles. The van der Waals surface area contributed by atoms with Gasteiger partial charge in [-0.25, -0.2) is 0 Å². The number of fused-ring (bicyclic) bond motifs is 3. The van der Waals surface area contributed by atoms with Gasteiger partial charge < -0.3 is 4.90 Å². The zero-order valence-electron chi connectivity index (χ0n) is 13.9. The van der Waals surface area contributed by atoms with Gasteiger partial charge in [-0.3, -0.25) is 0 Å². The standard InChI is InChI=1S/C24H19N/c1-2-8-18(9-3-1)19-14-16-20(17-15-19)25-23-12-6-4-10-21(23)22-11-5-7-13-24(22)25/h1-17,21,23H. The zero-order chi connectivity index (χ0) is 16.6. The second kappa shape index (κ2) is 5.78. The molecule has 3 aromatic rings. The van der Waals surface area contributed by atoms with Gasteiger partial charge in [-0.15, -0.1) is 0 Å². The highest BCUT2D eigenvalue weighted by molar-refractivity contribution is 5.76. The first-order chi connectivity index (χ1) is 12.4. The molecule has 1 aliphatic carbocycles. The van der Waals surface area contributed by atoms with Crippen molar-refractivity contribution in [3.05, 3.63) is 109 Å². The Morgan fingerprint density at radius 2 is 1.28 bits per heavy atom. The maximum absolute atomic E-state index is 2.47. The fraction of sp³-hybridized carbons (Fsp3) is 0.0833. The molecule has 2 aliphatic rings. The van der Waals surface area contributed by atoms with E-state index in [2.05, 4.69) is 108 Å². The highest BCUT2D eigenvalue weighted by atomic mass is 15.2. The molecule has 1 heteroatoms. The predicted molar refractivity (Wildman–Crippen MR) is 105 cm³/mol. The molecule has 3 aromatic carbocycles. The Labute approximate surface area is 148 Å². The van der Waals surface area contributed by atoms with Crippen molar-refractivity contribution >= 4 is 11.4 Å². The first-order valence-electron chi connectivity index (χ1n) is 8.80. The molecule has 0 spiro atoms. The molecule has 0 saturated carbocycles. The average molecular weight is 321 g/mol. The van der Waals surface area contributed by atoms with E-state index in [1.807, 2.05) is 0 Å². The van der Waals surface area contributed by atoms with Crippen LogP contribution in [0.3, 0.4) is 0 Å². The third-order valence-corrected chi connectivity index (χ3v) is 5.21. The second-order valence-electron chi connectivity index (χ2n) is 6.63. The molecule has 0 radical (unpaired) electrons. The number of hydrogen-bond donors (Lipinski definition) is 0. The lowest BCUT2D eigenvalue weighted by Crippen LogP contribution is -2.28. The number of para-hydroxylation sites is 1. The van der Waals surface area contributed by atoms with Gasteiger partial charge in [0.25, 0.3) is 0 Å². The molecular weight excluding hydrogens is 302 g/mol. The van der Waals surface area contributed by atoms with E-state index in [0.717, 1.165) is 0 Å². The topological polar surface area (TPSA) is 3.24 Å². The van der Waals surface area contributed by atoms with Crippen molar-refractivity contribution in [3.8, 4) is 11.1 Å². The summed E-state index contributed by atoms with van der Waals surface area (Å²) >= 11 is 0. The Kier molecular flexibility index (Phi) is 3.31. The first kappa shape index (κ1) is 14.3. The van der Waals surface area contributed by atoms with Crippen LogP contribution in [-0.4, -0.2) is 6.04 Å². The SMILES string of the molecule is C1=CC2c3ccccc3N(c3ccc(-c4ccccc4)cc3)C2C=C1. The minimum atomic E-state index is 0.366. The Hall–Kier alpha value is -3.06.